The van der Waals surface area contributed by atoms with Crippen molar-refractivity contribution >= 4 is 11.3 Å². The standard InChI is InChI=1S/C15H18FNS/c1-9-8-12(16)5-6-13(9)14(17-4)15-10(2)7-11(3)18-15/h5-8,14,17H,1-4H3. The smallest absolute Gasteiger partial charge is 0.123 e. The van der Waals surface area contributed by atoms with Crippen molar-refractivity contribution in [3.8, 4) is 0 Å². The molecule has 0 amide bonds. The molecule has 1 heterocycles. The molecule has 0 saturated heterocycles. The second-order valence-corrected chi connectivity index (χ2v) is 5.91. The molecule has 2 aromatic rings. The zero-order valence-electron chi connectivity index (χ0n) is 11.2. The second-order valence-electron chi connectivity index (χ2n) is 4.63. The zero-order valence-corrected chi connectivity index (χ0v) is 12.0. The van der Waals surface area contributed by atoms with E-state index < -0.39 is 0 Å². The molecule has 0 bridgehead atoms. The molecule has 1 nitrogen and oxygen atoms in total. The highest BCUT2D eigenvalue weighted by Gasteiger charge is 2.18. The largest absolute Gasteiger partial charge is 0.309 e. The van der Waals surface area contributed by atoms with Crippen molar-refractivity contribution in [3.63, 3.8) is 0 Å². The van der Waals surface area contributed by atoms with Crippen LogP contribution in [0, 0.1) is 26.6 Å². The van der Waals surface area contributed by atoms with Gasteiger partial charge in [0.05, 0.1) is 6.04 Å². The van der Waals surface area contributed by atoms with Gasteiger partial charge in [0, 0.05) is 9.75 Å². The first-order valence-corrected chi connectivity index (χ1v) is 6.85. The van der Waals surface area contributed by atoms with Gasteiger partial charge < -0.3 is 5.32 Å². The fourth-order valence-corrected chi connectivity index (χ4v) is 3.50. The van der Waals surface area contributed by atoms with Gasteiger partial charge in [0.25, 0.3) is 0 Å². The summed E-state index contributed by atoms with van der Waals surface area (Å²) in [5.41, 5.74) is 3.42. The van der Waals surface area contributed by atoms with Crippen LogP contribution >= 0.6 is 11.3 Å². The number of aryl methyl sites for hydroxylation is 3. The zero-order chi connectivity index (χ0) is 13.3. The van der Waals surface area contributed by atoms with E-state index in [1.54, 1.807) is 17.4 Å². The van der Waals surface area contributed by atoms with Crippen molar-refractivity contribution in [2.75, 3.05) is 7.05 Å². The molecule has 1 aromatic heterocycles. The van der Waals surface area contributed by atoms with Gasteiger partial charge in [-0.15, -0.1) is 11.3 Å². The van der Waals surface area contributed by atoms with Gasteiger partial charge in [-0.3, -0.25) is 0 Å². The van der Waals surface area contributed by atoms with Crippen molar-refractivity contribution in [3.05, 3.63) is 56.5 Å². The van der Waals surface area contributed by atoms with E-state index in [0.29, 0.717) is 0 Å². The van der Waals surface area contributed by atoms with E-state index >= 15 is 0 Å². The Hall–Kier alpha value is -1.19. The molecule has 3 heteroatoms. The minimum Gasteiger partial charge on any atom is -0.309 e. The molecule has 0 aliphatic carbocycles. The van der Waals surface area contributed by atoms with Gasteiger partial charge in [-0.2, -0.15) is 0 Å². The topological polar surface area (TPSA) is 12.0 Å². The third kappa shape index (κ3) is 2.47. The molecular weight excluding hydrogens is 245 g/mol. The van der Waals surface area contributed by atoms with Crippen LogP contribution in [0.25, 0.3) is 0 Å². The van der Waals surface area contributed by atoms with Crippen LogP contribution in [0.2, 0.25) is 0 Å². The minimum atomic E-state index is -0.176. The Morgan fingerprint density at radius 3 is 2.33 bits per heavy atom. The van der Waals surface area contributed by atoms with Gasteiger partial charge in [0.1, 0.15) is 5.82 Å². The highest BCUT2D eigenvalue weighted by atomic mass is 32.1. The van der Waals surface area contributed by atoms with E-state index in [1.165, 1.54) is 21.4 Å². The summed E-state index contributed by atoms with van der Waals surface area (Å²) in [4.78, 5) is 2.62. The number of halogens is 1. The Balaban J connectivity index is 2.48. The molecule has 1 unspecified atom stereocenters. The predicted octanol–water partition coefficient (Wildman–Crippen LogP) is 4.12. The number of benzene rings is 1. The quantitative estimate of drug-likeness (QED) is 0.878. The van der Waals surface area contributed by atoms with E-state index in [9.17, 15) is 4.39 Å². The van der Waals surface area contributed by atoms with E-state index in [2.05, 4.69) is 25.2 Å². The van der Waals surface area contributed by atoms with Crippen molar-refractivity contribution in [2.45, 2.75) is 26.8 Å². The van der Waals surface area contributed by atoms with Crippen molar-refractivity contribution in [1.82, 2.24) is 5.32 Å². The van der Waals surface area contributed by atoms with E-state index in [4.69, 9.17) is 0 Å². The van der Waals surface area contributed by atoms with Crippen LogP contribution in [0.3, 0.4) is 0 Å². The van der Waals surface area contributed by atoms with Crippen LogP contribution in [0.15, 0.2) is 24.3 Å². The van der Waals surface area contributed by atoms with E-state index in [1.807, 2.05) is 20.0 Å². The molecule has 0 aliphatic heterocycles. The Labute approximate surface area is 112 Å². The maximum absolute atomic E-state index is 13.2. The lowest BCUT2D eigenvalue weighted by molar-refractivity contribution is 0.621. The Bertz CT molecular complexity index is 560. The summed E-state index contributed by atoms with van der Waals surface area (Å²) in [6.07, 6.45) is 0. The number of thiophene rings is 1. The molecule has 0 saturated carbocycles. The lowest BCUT2D eigenvalue weighted by atomic mass is 9.98. The van der Waals surface area contributed by atoms with Crippen molar-refractivity contribution in [1.29, 1.82) is 0 Å². The summed E-state index contributed by atoms with van der Waals surface area (Å²) in [5, 5.41) is 3.34. The normalized spacial score (nSPS) is 12.7. The molecule has 2 rings (SSSR count). The summed E-state index contributed by atoms with van der Waals surface area (Å²) in [7, 11) is 1.95. The second kappa shape index (κ2) is 5.21. The molecule has 96 valence electrons. The van der Waals surface area contributed by atoms with E-state index in [0.717, 1.165) is 11.1 Å². The van der Waals surface area contributed by atoms with Gasteiger partial charge >= 0.3 is 0 Å². The maximum Gasteiger partial charge on any atom is 0.123 e. The average Bonchev–Trinajstić information content (AvgIpc) is 2.62. The SMILES string of the molecule is CNC(c1ccc(F)cc1C)c1sc(C)cc1C. The van der Waals surface area contributed by atoms with Crippen LogP contribution in [-0.2, 0) is 0 Å². The molecule has 1 N–H and O–H groups in total. The molecule has 1 atom stereocenters. The van der Waals surface area contributed by atoms with Crippen molar-refractivity contribution < 1.29 is 4.39 Å². The number of nitrogens with one attached hydrogen (secondary N) is 1. The summed E-state index contributed by atoms with van der Waals surface area (Å²) in [6, 6.07) is 7.34. The number of hydrogen-bond acceptors (Lipinski definition) is 2. The monoisotopic (exact) mass is 263 g/mol. The summed E-state index contributed by atoms with van der Waals surface area (Å²) in [5.74, 6) is -0.176. The minimum absolute atomic E-state index is 0.143. The Morgan fingerprint density at radius 2 is 1.83 bits per heavy atom. The molecule has 1 aromatic carbocycles. The van der Waals surface area contributed by atoms with Crippen LogP contribution in [-0.4, -0.2) is 7.05 Å². The van der Waals surface area contributed by atoms with Crippen LogP contribution in [0.4, 0.5) is 4.39 Å². The molecule has 0 spiro atoms. The van der Waals surface area contributed by atoms with Crippen LogP contribution in [0.1, 0.15) is 32.5 Å². The first kappa shape index (κ1) is 13.2. The van der Waals surface area contributed by atoms with Crippen LogP contribution in [0.5, 0.6) is 0 Å². The molecule has 0 radical (unpaired) electrons. The summed E-state index contributed by atoms with van der Waals surface area (Å²) >= 11 is 1.80. The van der Waals surface area contributed by atoms with Gasteiger partial charge in [-0.1, -0.05) is 6.07 Å². The van der Waals surface area contributed by atoms with Gasteiger partial charge in [-0.05, 0) is 62.7 Å². The third-order valence-electron chi connectivity index (χ3n) is 3.17. The Kier molecular flexibility index (Phi) is 3.83. The fraction of sp³-hybridized carbons (Fsp3) is 0.333. The molecule has 18 heavy (non-hydrogen) atoms. The third-order valence-corrected chi connectivity index (χ3v) is 4.39. The number of hydrogen-bond donors (Lipinski definition) is 1. The Morgan fingerprint density at radius 1 is 1.11 bits per heavy atom. The van der Waals surface area contributed by atoms with Gasteiger partial charge in [0.15, 0.2) is 0 Å². The highest BCUT2D eigenvalue weighted by molar-refractivity contribution is 7.12. The first-order valence-electron chi connectivity index (χ1n) is 6.03. The van der Waals surface area contributed by atoms with E-state index in [-0.39, 0.29) is 11.9 Å². The first-order chi connectivity index (χ1) is 8.52. The van der Waals surface area contributed by atoms with Gasteiger partial charge in [-0.25, -0.2) is 4.39 Å². The summed E-state index contributed by atoms with van der Waals surface area (Å²) in [6.45, 7) is 6.20. The maximum atomic E-state index is 13.2. The lowest BCUT2D eigenvalue weighted by Gasteiger charge is -2.18. The predicted molar refractivity (Wildman–Crippen MR) is 75.8 cm³/mol. The molecular formula is C15H18FNS. The highest BCUT2D eigenvalue weighted by Crippen LogP contribution is 2.33. The lowest BCUT2D eigenvalue weighted by Crippen LogP contribution is -2.18. The molecule has 0 fully saturated rings. The molecule has 0 aliphatic rings. The van der Waals surface area contributed by atoms with Crippen molar-refractivity contribution in [2.24, 2.45) is 0 Å². The average molecular weight is 263 g/mol. The van der Waals surface area contributed by atoms with Gasteiger partial charge in [0.2, 0.25) is 0 Å². The van der Waals surface area contributed by atoms with Crippen LogP contribution < -0.4 is 5.32 Å². The fourth-order valence-electron chi connectivity index (χ4n) is 2.34. The summed E-state index contributed by atoms with van der Waals surface area (Å²) < 4.78 is 13.2. The number of rotatable bonds is 3.